The predicted octanol–water partition coefficient (Wildman–Crippen LogP) is 2.38. The van der Waals surface area contributed by atoms with E-state index in [9.17, 15) is 4.79 Å². The van der Waals surface area contributed by atoms with Gasteiger partial charge in [-0.25, -0.2) is 4.98 Å². The SMILES string of the molecule is CC1(C)OCC(CNC(=O)c2cc(Br)cnc2Cl)O1. The molecule has 104 valence electrons. The molecule has 1 fully saturated rings. The summed E-state index contributed by atoms with van der Waals surface area (Å²) >= 11 is 9.13. The topological polar surface area (TPSA) is 60.5 Å². The van der Waals surface area contributed by atoms with E-state index in [2.05, 4.69) is 26.2 Å². The molecule has 19 heavy (non-hydrogen) atoms. The van der Waals surface area contributed by atoms with Crippen molar-refractivity contribution in [3.8, 4) is 0 Å². The smallest absolute Gasteiger partial charge is 0.254 e. The number of ether oxygens (including phenoxy) is 2. The van der Waals surface area contributed by atoms with Crippen LogP contribution in [0.25, 0.3) is 0 Å². The van der Waals surface area contributed by atoms with Crippen molar-refractivity contribution in [2.45, 2.75) is 25.7 Å². The maximum absolute atomic E-state index is 12.0. The molecule has 0 bridgehead atoms. The van der Waals surface area contributed by atoms with Gasteiger partial charge in [-0.1, -0.05) is 11.6 Å². The van der Waals surface area contributed by atoms with E-state index in [1.165, 1.54) is 6.20 Å². The monoisotopic (exact) mass is 348 g/mol. The van der Waals surface area contributed by atoms with Crippen molar-refractivity contribution >= 4 is 33.4 Å². The van der Waals surface area contributed by atoms with Crippen molar-refractivity contribution in [1.29, 1.82) is 0 Å². The average Bonchev–Trinajstić information content (AvgIpc) is 2.69. The van der Waals surface area contributed by atoms with Gasteiger partial charge in [0, 0.05) is 17.2 Å². The fourth-order valence-corrected chi connectivity index (χ4v) is 2.27. The summed E-state index contributed by atoms with van der Waals surface area (Å²) in [6.45, 7) is 4.50. The number of halogens is 2. The Labute approximate surface area is 124 Å². The van der Waals surface area contributed by atoms with Gasteiger partial charge < -0.3 is 14.8 Å². The second kappa shape index (κ2) is 5.75. The summed E-state index contributed by atoms with van der Waals surface area (Å²) in [4.78, 5) is 15.9. The molecule has 1 aromatic rings. The molecule has 1 unspecified atom stereocenters. The molecule has 1 aromatic heterocycles. The summed E-state index contributed by atoms with van der Waals surface area (Å²) in [5, 5.41) is 2.93. The van der Waals surface area contributed by atoms with Gasteiger partial charge in [-0.15, -0.1) is 0 Å². The number of nitrogens with one attached hydrogen (secondary N) is 1. The number of rotatable bonds is 3. The summed E-state index contributed by atoms with van der Waals surface area (Å²) < 4.78 is 11.7. The van der Waals surface area contributed by atoms with Crippen molar-refractivity contribution in [2.75, 3.05) is 13.2 Å². The molecule has 1 aliphatic rings. The Hall–Kier alpha value is -0.690. The zero-order chi connectivity index (χ0) is 14.0. The fourth-order valence-electron chi connectivity index (χ4n) is 1.75. The zero-order valence-corrected chi connectivity index (χ0v) is 12.9. The zero-order valence-electron chi connectivity index (χ0n) is 10.6. The maximum Gasteiger partial charge on any atom is 0.254 e. The van der Waals surface area contributed by atoms with E-state index in [0.717, 1.165) is 0 Å². The number of hydrogen-bond donors (Lipinski definition) is 1. The van der Waals surface area contributed by atoms with Crippen LogP contribution in [0.5, 0.6) is 0 Å². The van der Waals surface area contributed by atoms with Gasteiger partial charge >= 0.3 is 0 Å². The third-order valence-electron chi connectivity index (χ3n) is 2.61. The lowest BCUT2D eigenvalue weighted by atomic mass is 10.2. The lowest BCUT2D eigenvalue weighted by Crippen LogP contribution is -2.34. The normalized spacial score (nSPS) is 21.4. The third-order valence-corrected chi connectivity index (χ3v) is 3.34. The highest BCUT2D eigenvalue weighted by Gasteiger charge is 2.32. The lowest BCUT2D eigenvalue weighted by molar-refractivity contribution is -0.137. The number of amides is 1. The van der Waals surface area contributed by atoms with Crippen LogP contribution in [0.1, 0.15) is 24.2 Å². The molecule has 1 aliphatic heterocycles. The fraction of sp³-hybridized carbons (Fsp3) is 0.500. The number of carbonyl (C=O) groups is 1. The highest BCUT2D eigenvalue weighted by Crippen LogP contribution is 2.22. The molecule has 0 aromatic carbocycles. The Morgan fingerprint density at radius 1 is 1.68 bits per heavy atom. The summed E-state index contributed by atoms with van der Waals surface area (Å²) in [7, 11) is 0. The van der Waals surface area contributed by atoms with E-state index in [1.807, 2.05) is 13.8 Å². The van der Waals surface area contributed by atoms with Gasteiger partial charge in [-0.05, 0) is 35.8 Å². The summed E-state index contributed by atoms with van der Waals surface area (Å²) in [6.07, 6.45) is 1.38. The van der Waals surface area contributed by atoms with Crippen molar-refractivity contribution in [1.82, 2.24) is 10.3 Å². The maximum atomic E-state index is 12.0. The minimum atomic E-state index is -0.593. The van der Waals surface area contributed by atoms with Crippen LogP contribution >= 0.6 is 27.5 Å². The van der Waals surface area contributed by atoms with Crippen molar-refractivity contribution in [3.05, 3.63) is 27.5 Å². The number of carbonyl (C=O) groups excluding carboxylic acids is 1. The third kappa shape index (κ3) is 3.89. The number of pyridine rings is 1. The molecule has 5 nitrogen and oxygen atoms in total. The van der Waals surface area contributed by atoms with Crippen molar-refractivity contribution < 1.29 is 14.3 Å². The van der Waals surface area contributed by atoms with Crippen LogP contribution in [-0.2, 0) is 9.47 Å². The van der Waals surface area contributed by atoms with Gasteiger partial charge in [0.2, 0.25) is 0 Å². The van der Waals surface area contributed by atoms with E-state index in [1.54, 1.807) is 6.07 Å². The highest BCUT2D eigenvalue weighted by molar-refractivity contribution is 9.10. The first-order valence-electron chi connectivity index (χ1n) is 5.78. The van der Waals surface area contributed by atoms with Crippen molar-refractivity contribution in [3.63, 3.8) is 0 Å². The van der Waals surface area contributed by atoms with Crippen LogP contribution in [0.15, 0.2) is 16.7 Å². The van der Waals surface area contributed by atoms with Gasteiger partial charge in [0.1, 0.15) is 11.3 Å². The first-order valence-corrected chi connectivity index (χ1v) is 6.95. The number of hydrogen-bond acceptors (Lipinski definition) is 4. The van der Waals surface area contributed by atoms with Gasteiger partial charge in [-0.2, -0.15) is 0 Å². The van der Waals surface area contributed by atoms with Gasteiger partial charge in [-0.3, -0.25) is 4.79 Å². The Morgan fingerprint density at radius 2 is 2.42 bits per heavy atom. The Balaban J connectivity index is 1.93. The second-order valence-corrected chi connectivity index (χ2v) is 5.93. The predicted molar refractivity (Wildman–Crippen MR) is 74.2 cm³/mol. The quantitative estimate of drug-likeness (QED) is 0.851. The van der Waals surface area contributed by atoms with Gasteiger partial charge in [0.25, 0.3) is 5.91 Å². The molecular weight excluding hydrogens is 336 g/mol. The summed E-state index contributed by atoms with van der Waals surface area (Å²) in [6, 6.07) is 1.63. The Morgan fingerprint density at radius 3 is 3.05 bits per heavy atom. The molecule has 7 heteroatoms. The average molecular weight is 350 g/mol. The standard InChI is InChI=1S/C12H14BrClN2O3/c1-12(2)18-6-8(19-12)5-16-11(17)9-3-7(13)4-15-10(9)14/h3-4,8H,5-6H2,1-2H3,(H,16,17). The van der Waals surface area contributed by atoms with Crippen LogP contribution in [0.3, 0.4) is 0 Å². The first kappa shape index (κ1) is 14.7. The highest BCUT2D eigenvalue weighted by atomic mass is 79.9. The van der Waals surface area contributed by atoms with Crippen LogP contribution in [-0.4, -0.2) is 35.9 Å². The second-order valence-electron chi connectivity index (χ2n) is 4.65. The van der Waals surface area contributed by atoms with Gasteiger partial charge in [0.05, 0.1) is 12.2 Å². The van der Waals surface area contributed by atoms with Crippen LogP contribution < -0.4 is 5.32 Å². The first-order chi connectivity index (χ1) is 8.87. The largest absolute Gasteiger partial charge is 0.349 e. The minimum absolute atomic E-state index is 0.155. The van der Waals surface area contributed by atoms with Gasteiger partial charge in [0.15, 0.2) is 5.79 Å². The van der Waals surface area contributed by atoms with E-state index in [4.69, 9.17) is 21.1 Å². The summed E-state index contributed by atoms with van der Waals surface area (Å²) in [5.41, 5.74) is 0.328. The van der Waals surface area contributed by atoms with Crippen LogP contribution in [0, 0.1) is 0 Å². The van der Waals surface area contributed by atoms with E-state index in [0.29, 0.717) is 23.2 Å². The molecule has 2 rings (SSSR count). The molecule has 2 heterocycles. The van der Waals surface area contributed by atoms with E-state index >= 15 is 0 Å². The molecule has 1 amide bonds. The Kier molecular flexibility index (Phi) is 4.45. The van der Waals surface area contributed by atoms with E-state index < -0.39 is 5.79 Å². The molecule has 0 spiro atoms. The van der Waals surface area contributed by atoms with Crippen LogP contribution in [0.2, 0.25) is 5.15 Å². The lowest BCUT2D eigenvalue weighted by Gasteiger charge is -2.17. The minimum Gasteiger partial charge on any atom is -0.349 e. The number of aromatic nitrogens is 1. The molecular formula is C12H14BrClN2O3. The van der Waals surface area contributed by atoms with Crippen molar-refractivity contribution in [2.24, 2.45) is 0 Å². The van der Waals surface area contributed by atoms with E-state index in [-0.39, 0.29) is 17.2 Å². The number of nitrogens with zero attached hydrogens (tertiary/aromatic N) is 1. The molecule has 0 aliphatic carbocycles. The Bertz CT molecular complexity index is 496. The molecule has 1 saturated heterocycles. The molecule has 0 radical (unpaired) electrons. The molecule has 1 atom stereocenters. The van der Waals surface area contributed by atoms with Crippen LogP contribution in [0.4, 0.5) is 0 Å². The molecule has 0 saturated carbocycles. The molecule has 1 N–H and O–H groups in total. The summed E-state index contributed by atoms with van der Waals surface area (Å²) in [5.74, 6) is -0.878.